The Morgan fingerprint density at radius 2 is 2.00 bits per heavy atom. The Labute approximate surface area is 95.1 Å². The Morgan fingerprint density at radius 3 is 2.64 bits per heavy atom. The van der Waals surface area contributed by atoms with Crippen molar-refractivity contribution in [3.63, 3.8) is 0 Å². The van der Waals surface area contributed by atoms with Crippen LogP contribution in [0.4, 0.5) is 0 Å². The second-order valence-electron chi connectivity index (χ2n) is 4.62. The van der Waals surface area contributed by atoms with E-state index in [-0.39, 0.29) is 0 Å². The fourth-order valence-corrected chi connectivity index (χ4v) is 3.09. The van der Waals surface area contributed by atoms with Gasteiger partial charge >= 0.3 is 0 Å². The van der Waals surface area contributed by atoms with Gasteiger partial charge in [0.05, 0.1) is 12.2 Å². The summed E-state index contributed by atoms with van der Waals surface area (Å²) in [6.07, 6.45) is 6.47. The molecule has 2 fully saturated rings. The lowest BCUT2D eigenvalue weighted by atomic mass is 10.1. The van der Waals surface area contributed by atoms with Gasteiger partial charge < -0.3 is 4.74 Å². The highest BCUT2D eigenvalue weighted by atomic mass is 79.9. The molecule has 2 nitrogen and oxygen atoms in total. The summed E-state index contributed by atoms with van der Waals surface area (Å²) in [5.74, 6) is 0. The van der Waals surface area contributed by atoms with Gasteiger partial charge in [-0.05, 0) is 19.8 Å². The lowest BCUT2D eigenvalue weighted by Gasteiger charge is -2.39. The molecular formula is C11H20BrNO. The van der Waals surface area contributed by atoms with Gasteiger partial charge in [0.1, 0.15) is 0 Å². The van der Waals surface area contributed by atoms with Gasteiger partial charge in [0, 0.05) is 24.5 Å². The minimum absolute atomic E-state index is 0.402. The van der Waals surface area contributed by atoms with Gasteiger partial charge in [-0.1, -0.05) is 28.8 Å². The van der Waals surface area contributed by atoms with E-state index in [1.807, 2.05) is 0 Å². The molecule has 2 rings (SSSR count). The van der Waals surface area contributed by atoms with Crippen LogP contribution in [0, 0.1) is 0 Å². The monoisotopic (exact) mass is 261 g/mol. The third-order valence-electron chi connectivity index (χ3n) is 3.37. The highest BCUT2D eigenvalue weighted by Crippen LogP contribution is 2.26. The Hall–Kier alpha value is 0.400. The molecule has 2 aliphatic rings. The van der Waals surface area contributed by atoms with Crippen LogP contribution in [0.15, 0.2) is 0 Å². The van der Waals surface area contributed by atoms with E-state index in [2.05, 4.69) is 27.8 Å². The molecule has 1 saturated carbocycles. The third kappa shape index (κ3) is 2.50. The van der Waals surface area contributed by atoms with Gasteiger partial charge in [-0.15, -0.1) is 0 Å². The molecule has 0 N–H and O–H groups in total. The fraction of sp³-hybridized carbons (Fsp3) is 1.00. The zero-order chi connectivity index (χ0) is 9.97. The summed E-state index contributed by atoms with van der Waals surface area (Å²) in [5, 5.41) is 0.973. The van der Waals surface area contributed by atoms with Crippen molar-refractivity contribution in [1.82, 2.24) is 4.90 Å². The molecule has 1 aliphatic heterocycles. The fourth-order valence-electron chi connectivity index (χ4n) is 2.73. The minimum Gasteiger partial charge on any atom is -0.372 e. The second kappa shape index (κ2) is 4.95. The van der Waals surface area contributed by atoms with Crippen LogP contribution in [0.1, 0.15) is 32.6 Å². The number of rotatable bonds is 2. The molecule has 3 heteroatoms. The highest BCUT2D eigenvalue weighted by Gasteiger charge is 2.30. The third-order valence-corrected chi connectivity index (χ3v) is 4.09. The highest BCUT2D eigenvalue weighted by molar-refractivity contribution is 9.09. The molecule has 0 aromatic carbocycles. The summed E-state index contributed by atoms with van der Waals surface area (Å²) in [5.41, 5.74) is 0. The molecule has 0 aromatic heterocycles. The van der Waals surface area contributed by atoms with E-state index >= 15 is 0 Å². The van der Waals surface area contributed by atoms with Crippen LogP contribution in [0.2, 0.25) is 0 Å². The topological polar surface area (TPSA) is 12.5 Å². The summed E-state index contributed by atoms with van der Waals surface area (Å²) < 4.78 is 5.84. The molecule has 1 heterocycles. The van der Waals surface area contributed by atoms with Crippen molar-refractivity contribution in [2.24, 2.45) is 0 Å². The van der Waals surface area contributed by atoms with Gasteiger partial charge in [-0.2, -0.15) is 0 Å². The van der Waals surface area contributed by atoms with Crippen LogP contribution in [-0.4, -0.2) is 41.6 Å². The van der Waals surface area contributed by atoms with Crippen molar-refractivity contribution in [2.45, 2.75) is 50.9 Å². The lowest BCUT2D eigenvalue weighted by molar-refractivity contribution is -0.0769. The zero-order valence-electron chi connectivity index (χ0n) is 8.92. The van der Waals surface area contributed by atoms with Gasteiger partial charge in [-0.25, -0.2) is 0 Å². The maximum Gasteiger partial charge on any atom is 0.0802 e. The molecule has 0 radical (unpaired) electrons. The molecule has 1 saturated heterocycles. The summed E-state index contributed by atoms with van der Waals surface area (Å²) in [7, 11) is 0. The van der Waals surface area contributed by atoms with Crippen molar-refractivity contribution >= 4 is 15.9 Å². The maximum atomic E-state index is 5.84. The number of halogens is 1. The largest absolute Gasteiger partial charge is 0.372 e. The molecule has 2 atom stereocenters. The van der Waals surface area contributed by atoms with E-state index in [1.165, 1.54) is 25.7 Å². The summed E-state index contributed by atoms with van der Waals surface area (Å²) in [6, 6.07) is 0.850. The molecule has 1 aliphatic carbocycles. The molecular weight excluding hydrogens is 242 g/mol. The predicted molar refractivity (Wildman–Crippen MR) is 62.0 cm³/mol. The van der Waals surface area contributed by atoms with Crippen molar-refractivity contribution in [3.05, 3.63) is 0 Å². The molecule has 14 heavy (non-hydrogen) atoms. The minimum atomic E-state index is 0.402. The second-order valence-corrected chi connectivity index (χ2v) is 5.26. The maximum absolute atomic E-state index is 5.84. The number of alkyl halides is 1. The quantitative estimate of drug-likeness (QED) is 0.709. The standard InChI is InChI=1S/C11H20BrNO/c1-9-7-13(8-11(6-12)14-9)10-4-2-3-5-10/h9-11H,2-8H2,1H3. The molecule has 82 valence electrons. The number of ether oxygens (including phenoxy) is 1. The van der Waals surface area contributed by atoms with E-state index < -0.39 is 0 Å². The van der Waals surface area contributed by atoms with Crippen LogP contribution in [-0.2, 0) is 4.74 Å². The van der Waals surface area contributed by atoms with Crippen LogP contribution < -0.4 is 0 Å². The predicted octanol–water partition coefficient (Wildman–Crippen LogP) is 2.41. The Kier molecular flexibility index (Phi) is 3.86. The molecule has 2 unspecified atom stereocenters. The van der Waals surface area contributed by atoms with Gasteiger partial charge in [0.2, 0.25) is 0 Å². The van der Waals surface area contributed by atoms with E-state index in [0.717, 1.165) is 24.5 Å². The van der Waals surface area contributed by atoms with Crippen LogP contribution in [0.25, 0.3) is 0 Å². The summed E-state index contributed by atoms with van der Waals surface area (Å²) in [6.45, 7) is 4.45. The first-order valence-corrected chi connectivity index (χ1v) is 6.87. The van der Waals surface area contributed by atoms with Gasteiger partial charge in [0.25, 0.3) is 0 Å². The first kappa shape index (κ1) is 10.9. The molecule has 0 spiro atoms. The van der Waals surface area contributed by atoms with Crippen molar-refractivity contribution < 1.29 is 4.74 Å². The molecule has 0 amide bonds. The van der Waals surface area contributed by atoms with E-state index in [4.69, 9.17) is 4.74 Å². The van der Waals surface area contributed by atoms with Crippen molar-refractivity contribution in [3.8, 4) is 0 Å². The van der Waals surface area contributed by atoms with Crippen molar-refractivity contribution in [2.75, 3.05) is 18.4 Å². The average molecular weight is 262 g/mol. The van der Waals surface area contributed by atoms with Crippen molar-refractivity contribution in [1.29, 1.82) is 0 Å². The van der Waals surface area contributed by atoms with Crippen LogP contribution in [0.3, 0.4) is 0 Å². The first-order chi connectivity index (χ1) is 6.79. The lowest BCUT2D eigenvalue weighted by Crippen LogP contribution is -2.50. The van der Waals surface area contributed by atoms with Gasteiger partial charge in [0.15, 0.2) is 0 Å². The van der Waals surface area contributed by atoms with Crippen LogP contribution in [0.5, 0.6) is 0 Å². The Bertz CT molecular complexity index is 182. The van der Waals surface area contributed by atoms with E-state index in [1.54, 1.807) is 0 Å². The molecule has 0 bridgehead atoms. The number of nitrogens with zero attached hydrogens (tertiary/aromatic N) is 1. The first-order valence-electron chi connectivity index (χ1n) is 5.75. The smallest absolute Gasteiger partial charge is 0.0802 e. The molecule has 0 aromatic rings. The summed E-state index contributed by atoms with van der Waals surface area (Å²) in [4.78, 5) is 2.65. The van der Waals surface area contributed by atoms with Crippen LogP contribution >= 0.6 is 15.9 Å². The van der Waals surface area contributed by atoms with E-state index in [9.17, 15) is 0 Å². The SMILES string of the molecule is CC1CN(C2CCCC2)CC(CBr)O1. The number of morpholine rings is 1. The Balaban J connectivity index is 1.90. The normalized spacial score (nSPS) is 36.4. The number of hydrogen-bond acceptors (Lipinski definition) is 2. The number of hydrogen-bond donors (Lipinski definition) is 0. The Morgan fingerprint density at radius 1 is 1.29 bits per heavy atom. The zero-order valence-corrected chi connectivity index (χ0v) is 10.5. The summed E-state index contributed by atoms with van der Waals surface area (Å²) >= 11 is 3.52. The van der Waals surface area contributed by atoms with Gasteiger partial charge in [-0.3, -0.25) is 4.90 Å². The van der Waals surface area contributed by atoms with E-state index in [0.29, 0.717) is 12.2 Å². The average Bonchev–Trinajstić information content (AvgIpc) is 2.69.